The van der Waals surface area contributed by atoms with E-state index in [1.807, 2.05) is 18.2 Å². The van der Waals surface area contributed by atoms with E-state index >= 15 is 0 Å². The summed E-state index contributed by atoms with van der Waals surface area (Å²) in [6.45, 7) is 4.48. The summed E-state index contributed by atoms with van der Waals surface area (Å²) < 4.78 is 12.2. The van der Waals surface area contributed by atoms with Crippen LogP contribution in [0.25, 0.3) is 6.08 Å². The Morgan fingerprint density at radius 2 is 2.03 bits per heavy atom. The van der Waals surface area contributed by atoms with E-state index in [2.05, 4.69) is 27.9 Å². The fourth-order valence-electron chi connectivity index (χ4n) is 3.78. The summed E-state index contributed by atoms with van der Waals surface area (Å²) in [4.78, 5) is 16.5. The minimum Gasteiger partial charge on any atom is -0.872 e. The number of Topliss-reactive ketones (excluding diaryl/α,β-unsaturated/α-hetero) is 1. The first-order chi connectivity index (χ1) is 14.0. The second-order valence-electron chi connectivity index (χ2n) is 7.48. The quantitative estimate of drug-likeness (QED) is 0.702. The fourth-order valence-corrected chi connectivity index (χ4v) is 4.16. The molecule has 0 aliphatic carbocycles. The van der Waals surface area contributed by atoms with E-state index in [4.69, 9.17) is 9.47 Å². The molecule has 0 spiro atoms. The number of benzene rings is 2. The summed E-state index contributed by atoms with van der Waals surface area (Å²) in [5.74, 6) is 0.964. The molecule has 152 valence electrons. The fraction of sp³-hybridized carbons (Fsp3) is 0.318. The van der Waals surface area contributed by atoms with Crippen molar-refractivity contribution in [1.29, 1.82) is 0 Å². The molecule has 0 radical (unpaired) electrons. The number of hydrogen-bond acceptors (Lipinski definition) is 5. The summed E-state index contributed by atoms with van der Waals surface area (Å²) >= 11 is 3.44. The molecule has 2 heterocycles. The number of nitrogens with zero attached hydrogens (tertiary/aromatic N) is 1. The predicted octanol–water partition coefficient (Wildman–Crippen LogP) is 1.48. The standard InChI is InChI=1S/C22H23BrN2O4/c1-24-7-9-25(10-8-24)13-17-18(26)5-4-16-21(27)20(29-22(16)17)12-14-11-15(23)3-6-19(14)28-2/h3-6,11-12,26H,7-10,13H2,1-2H3. The van der Waals surface area contributed by atoms with Crippen molar-refractivity contribution < 1.29 is 24.3 Å². The van der Waals surface area contributed by atoms with Crippen LogP contribution in [0.15, 0.2) is 40.6 Å². The van der Waals surface area contributed by atoms with Crippen LogP contribution in [0.5, 0.6) is 17.2 Å². The number of halogens is 1. The third kappa shape index (κ3) is 4.03. The van der Waals surface area contributed by atoms with E-state index in [1.165, 1.54) is 11.0 Å². The van der Waals surface area contributed by atoms with Crippen molar-refractivity contribution in [1.82, 2.24) is 4.90 Å². The van der Waals surface area contributed by atoms with Gasteiger partial charge in [0, 0.05) is 28.7 Å². The molecule has 0 saturated carbocycles. The molecule has 0 aromatic heterocycles. The van der Waals surface area contributed by atoms with Gasteiger partial charge in [-0.1, -0.05) is 27.7 Å². The van der Waals surface area contributed by atoms with Gasteiger partial charge in [0.25, 0.3) is 0 Å². The molecule has 2 aliphatic rings. The van der Waals surface area contributed by atoms with Gasteiger partial charge in [-0.3, -0.25) is 9.69 Å². The maximum atomic E-state index is 12.9. The first-order valence-corrected chi connectivity index (χ1v) is 10.4. The Kier molecular flexibility index (Phi) is 5.63. The van der Waals surface area contributed by atoms with Crippen LogP contribution in [0.4, 0.5) is 0 Å². The Morgan fingerprint density at radius 1 is 1.28 bits per heavy atom. The molecule has 1 saturated heterocycles. The second-order valence-corrected chi connectivity index (χ2v) is 8.39. The molecule has 4 rings (SSSR count). The van der Waals surface area contributed by atoms with Gasteiger partial charge in [0.05, 0.1) is 25.8 Å². The van der Waals surface area contributed by atoms with Crippen molar-refractivity contribution >= 4 is 27.8 Å². The number of ether oxygens (including phenoxy) is 2. The zero-order valence-electron chi connectivity index (χ0n) is 16.5. The monoisotopic (exact) mass is 458 g/mol. The lowest BCUT2D eigenvalue weighted by Gasteiger charge is -2.30. The van der Waals surface area contributed by atoms with Crippen molar-refractivity contribution in [3.05, 3.63) is 57.3 Å². The number of carbonyl (C=O) groups is 1. The lowest BCUT2D eigenvalue weighted by atomic mass is 10.0. The number of quaternary nitrogens is 1. The van der Waals surface area contributed by atoms with Crippen LogP contribution in [0.1, 0.15) is 21.5 Å². The van der Waals surface area contributed by atoms with Crippen molar-refractivity contribution in [2.45, 2.75) is 6.54 Å². The van der Waals surface area contributed by atoms with Crippen LogP contribution < -0.4 is 19.5 Å². The molecule has 6 nitrogen and oxygen atoms in total. The first kappa shape index (κ1) is 19.9. The average Bonchev–Trinajstić information content (AvgIpc) is 3.02. The van der Waals surface area contributed by atoms with Gasteiger partial charge in [0.2, 0.25) is 5.78 Å². The van der Waals surface area contributed by atoms with Gasteiger partial charge in [-0.15, -0.1) is 0 Å². The lowest BCUT2D eigenvalue weighted by Crippen LogP contribution is -3.13. The summed E-state index contributed by atoms with van der Waals surface area (Å²) in [5, 5.41) is 12.6. The van der Waals surface area contributed by atoms with Gasteiger partial charge in [-0.05, 0) is 37.4 Å². The third-order valence-corrected chi connectivity index (χ3v) is 5.99. The number of piperazine rings is 1. The van der Waals surface area contributed by atoms with E-state index in [1.54, 1.807) is 19.3 Å². The molecule has 29 heavy (non-hydrogen) atoms. The molecule has 0 amide bonds. The average molecular weight is 459 g/mol. The minimum absolute atomic E-state index is 0.0794. The number of carbonyl (C=O) groups excluding carboxylic acids is 1. The number of ketones is 1. The number of rotatable bonds is 4. The van der Waals surface area contributed by atoms with Gasteiger partial charge in [0.15, 0.2) is 5.76 Å². The first-order valence-electron chi connectivity index (χ1n) is 9.59. The molecule has 1 N–H and O–H groups in total. The van der Waals surface area contributed by atoms with Gasteiger partial charge >= 0.3 is 0 Å². The molecular weight excluding hydrogens is 436 g/mol. The molecule has 0 atom stereocenters. The molecule has 0 bridgehead atoms. The van der Waals surface area contributed by atoms with Crippen molar-refractivity contribution in [3.63, 3.8) is 0 Å². The predicted molar refractivity (Wildman–Crippen MR) is 111 cm³/mol. The largest absolute Gasteiger partial charge is 0.872 e. The number of hydrogen-bond donors (Lipinski definition) is 1. The van der Waals surface area contributed by atoms with Crippen LogP contribution >= 0.6 is 15.9 Å². The van der Waals surface area contributed by atoms with E-state index in [0.29, 0.717) is 29.2 Å². The number of fused-ring (bicyclic) bond motifs is 1. The number of methoxy groups -OCH3 is 1. The molecule has 7 heteroatoms. The molecule has 0 unspecified atom stereocenters. The van der Waals surface area contributed by atoms with E-state index < -0.39 is 0 Å². The van der Waals surface area contributed by atoms with E-state index in [9.17, 15) is 9.90 Å². The highest BCUT2D eigenvalue weighted by atomic mass is 79.9. The summed E-state index contributed by atoms with van der Waals surface area (Å²) in [6, 6.07) is 8.60. The summed E-state index contributed by atoms with van der Waals surface area (Å²) in [5.41, 5.74) is 1.76. The molecule has 2 aromatic carbocycles. The van der Waals surface area contributed by atoms with Gasteiger partial charge in [-0.2, -0.15) is 0 Å². The van der Waals surface area contributed by atoms with Crippen molar-refractivity contribution in [2.75, 3.05) is 40.3 Å². The zero-order valence-corrected chi connectivity index (χ0v) is 18.0. The Hall–Kier alpha value is -2.35. The van der Waals surface area contributed by atoms with Crippen LogP contribution in [-0.2, 0) is 6.54 Å². The van der Waals surface area contributed by atoms with Crippen LogP contribution in [-0.4, -0.2) is 51.0 Å². The van der Waals surface area contributed by atoms with Crippen molar-refractivity contribution in [2.24, 2.45) is 0 Å². The summed E-state index contributed by atoms with van der Waals surface area (Å²) in [6.07, 6.45) is 1.67. The van der Waals surface area contributed by atoms with Crippen LogP contribution in [0.2, 0.25) is 0 Å². The van der Waals surface area contributed by atoms with E-state index in [-0.39, 0.29) is 17.3 Å². The lowest BCUT2D eigenvalue weighted by molar-refractivity contribution is -0.918. The Balaban J connectivity index is 1.65. The molecule has 2 aromatic rings. The van der Waals surface area contributed by atoms with Gasteiger partial charge < -0.3 is 19.5 Å². The normalized spacial score (nSPS) is 18.7. The Labute approximate surface area is 178 Å². The SMILES string of the molecule is COc1ccc(Br)cc1C=C1Oc2c(ccc([O-])c2C[NH+]2CCN(C)CC2)C1=O. The number of likely N-dealkylation sites (N-methyl/N-ethyl adjacent to an activating group) is 1. The third-order valence-electron chi connectivity index (χ3n) is 5.50. The molecular formula is C22H23BrN2O4. The van der Waals surface area contributed by atoms with Gasteiger partial charge in [0.1, 0.15) is 18.0 Å². The van der Waals surface area contributed by atoms with Crippen molar-refractivity contribution in [3.8, 4) is 17.2 Å². The highest BCUT2D eigenvalue weighted by Crippen LogP contribution is 2.39. The van der Waals surface area contributed by atoms with E-state index in [0.717, 1.165) is 36.2 Å². The maximum absolute atomic E-state index is 12.9. The highest BCUT2D eigenvalue weighted by molar-refractivity contribution is 9.10. The second kappa shape index (κ2) is 8.18. The smallest absolute Gasteiger partial charge is 0.231 e. The van der Waals surface area contributed by atoms with Crippen LogP contribution in [0, 0.1) is 0 Å². The zero-order chi connectivity index (χ0) is 20.5. The Morgan fingerprint density at radius 3 is 2.76 bits per heavy atom. The highest BCUT2D eigenvalue weighted by Gasteiger charge is 2.31. The topological polar surface area (TPSA) is 66.3 Å². The summed E-state index contributed by atoms with van der Waals surface area (Å²) in [7, 11) is 3.68. The molecule has 2 aliphatic heterocycles. The molecule has 1 fully saturated rings. The number of nitrogens with one attached hydrogen (secondary N) is 1. The van der Waals surface area contributed by atoms with Gasteiger partial charge in [-0.25, -0.2) is 0 Å². The maximum Gasteiger partial charge on any atom is 0.231 e. The minimum atomic E-state index is -0.211. The Bertz CT molecular complexity index is 981. The van der Waals surface area contributed by atoms with Crippen LogP contribution in [0.3, 0.4) is 0 Å². The number of allylic oxidation sites excluding steroid dienone is 1.